The van der Waals surface area contributed by atoms with Crippen molar-refractivity contribution in [2.75, 3.05) is 5.32 Å². The number of rotatable bonds is 3. The number of nitrogens with one attached hydrogen (secondary N) is 1. The van der Waals surface area contributed by atoms with Gasteiger partial charge in [0.1, 0.15) is 12.0 Å². The molecule has 0 radical (unpaired) electrons. The lowest BCUT2D eigenvalue weighted by Crippen LogP contribution is -2.30. The van der Waals surface area contributed by atoms with E-state index in [0.29, 0.717) is 0 Å². The zero-order valence-electron chi connectivity index (χ0n) is 9.47. The smallest absolute Gasteiger partial charge is 0.351 e. The summed E-state index contributed by atoms with van der Waals surface area (Å²) in [7, 11) is 0. The molecule has 16 heavy (non-hydrogen) atoms. The largest absolute Gasteiger partial charge is 0.373 e. The van der Waals surface area contributed by atoms with Gasteiger partial charge in [0, 0.05) is 13.1 Å². The minimum Gasteiger partial charge on any atom is -0.373 e. The number of aliphatic hydroxyl groups is 1. The van der Waals surface area contributed by atoms with E-state index in [1.54, 1.807) is 13.8 Å². The van der Waals surface area contributed by atoms with Crippen molar-refractivity contribution in [1.82, 2.24) is 9.55 Å². The lowest BCUT2D eigenvalue weighted by molar-refractivity contribution is -0.114. The second-order valence-electron chi connectivity index (χ2n) is 3.84. The van der Waals surface area contributed by atoms with Gasteiger partial charge >= 0.3 is 5.69 Å². The highest BCUT2D eigenvalue weighted by atomic mass is 16.3. The van der Waals surface area contributed by atoms with Crippen LogP contribution < -0.4 is 11.0 Å². The third kappa shape index (κ3) is 2.90. The van der Waals surface area contributed by atoms with Gasteiger partial charge in [-0.25, -0.2) is 4.79 Å². The van der Waals surface area contributed by atoms with Crippen LogP contribution in [0.1, 0.15) is 27.0 Å². The molecule has 1 amide bonds. The molecule has 1 heterocycles. The molecule has 0 aromatic carbocycles. The van der Waals surface area contributed by atoms with Crippen molar-refractivity contribution < 1.29 is 9.90 Å². The molecule has 0 aliphatic rings. The van der Waals surface area contributed by atoms with Crippen molar-refractivity contribution in [2.45, 2.75) is 27.0 Å². The Morgan fingerprint density at radius 2 is 2.19 bits per heavy atom. The van der Waals surface area contributed by atoms with Crippen LogP contribution in [-0.2, 0) is 4.79 Å². The molecule has 0 spiro atoms. The number of anilines is 1. The van der Waals surface area contributed by atoms with E-state index in [4.69, 9.17) is 0 Å². The van der Waals surface area contributed by atoms with Crippen LogP contribution in [0.4, 0.5) is 5.82 Å². The number of hydrogen-bond donors (Lipinski definition) is 2. The van der Waals surface area contributed by atoms with Crippen LogP contribution in [0.5, 0.6) is 0 Å². The van der Waals surface area contributed by atoms with Crippen molar-refractivity contribution >= 4 is 11.7 Å². The molecule has 0 saturated carbocycles. The molecule has 6 heteroatoms. The Labute approximate surface area is 92.9 Å². The summed E-state index contributed by atoms with van der Waals surface area (Å²) in [5, 5.41) is 12.1. The first kappa shape index (κ1) is 12.4. The summed E-state index contributed by atoms with van der Waals surface area (Å²) in [6, 6.07) is 1.47. The molecule has 1 unspecified atom stereocenters. The van der Waals surface area contributed by atoms with Gasteiger partial charge in [-0.1, -0.05) is 13.8 Å². The van der Waals surface area contributed by atoms with Gasteiger partial charge in [0.05, 0.1) is 0 Å². The van der Waals surface area contributed by atoms with Gasteiger partial charge in [0.15, 0.2) is 0 Å². The predicted molar refractivity (Wildman–Crippen MR) is 58.9 cm³/mol. The number of amides is 1. The Balaban J connectivity index is 3.00. The molecule has 6 nitrogen and oxygen atoms in total. The SMILES string of the molecule is CC(=O)Nc1ccn(C(O)C(C)C)c(=O)n1. The van der Waals surface area contributed by atoms with Crippen LogP contribution in [0, 0.1) is 5.92 Å². The Kier molecular flexibility index (Phi) is 3.78. The lowest BCUT2D eigenvalue weighted by atomic mass is 10.2. The molecule has 1 aromatic rings. The molecular formula is C10H15N3O3. The number of hydrogen-bond acceptors (Lipinski definition) is 4. The molecule has 88 valence electrons. The van der Waals surface area contributed by atoms with Gasteiger partial charge in [-0.05, 0) is 12.0 Å². The fourth-order valence-corrected chi connectivity index (χ4v) is 1.19. The zero-order chi connectivity index (χ0) is 12.3. The predicted octanol–water partition coefficient (Wildman–Crippen LogP) is 0.349. The summed E-state index contributed by atoms with van der Waals surface area (Å²) in [6.45, 7) is 4.91. The van der Waals surface area contributed by atoms with Crippen molar-refractivity contribution in [1.29, 1.82) is 0 Å². The fourth-order valence-electron chi connectivity index (χ4n) is 1.19. The second-order valence-corrected chi connectivity index (χ2v) is 3.84. The van der Waals surface area contributed by atoms with Gasteiger partial charge in [-0.15, -0.1) is 0 Å². The molecule has 0 fully saturated rings. The normalized spacial score (nSPS) is 12.6. The first-order valence-corrected chi connectivity index (χ1v) is 4.96. The molecule has 0 aliphatic carbocycles. The summed E-state index contributed by atoms with van der Waals surface area (Å²) >= 11 is 0. The Hall–Kier alpha value is -1.69. The first-order valence-electron chi connectivity index (χ1n) is 4.96. The van der Waals surface area contributed by atoms with E-state index >= 15 is 0 Å². The van der Waals surface area contributed by atoms with E-state index < -0.39 is 11.9 Å². The molecule has 1 rings (SSSR count). The Bertz CT molecular complexity index is 439. The quantitative estimate of drug-likeness (QED) is 0.777. The molecule has 2 N–H and O–H groups in total. The third-order valence-electron chi connectivity index (χ3n) is 2.02. The van der Waals surface area contributed by atoms with Gasteiger partial charge in [-0.2, -0.15) is 4.98 Å². The highest BCUT2D eigenvalue weighted by Crippen LogP contribution is 2.11. The maximum absolute atomic E-state index is 11.5. The Morgan fingerprint density at radius 1 is 1.56 bits per heavy atom. The van der Waals surface area contributed by atoms with Gasteiger partial charge in [0.25, 0.3) is 0 Å². The molecule has 0 saturated heterocycles. The van der Waals surface area contributed by atoms with Crippen molar-refractivity contribution in [3.8, 4) is 0 Å². The lowest BCUT2D eigenvalue weighted by Gasteiger charge is -2.16. The van der Waals surface area contributed by atoms with Crippen LogP contribution in [0.3, 0.4) is 0 Å². The van der Waals surface area contributed by atoms with Crippen molar-refractivity contribution in [3.63, 3.8) is 0 Å². The fraction of sp³-hybridized carbons (Fsp3) is 0.500. The highest BCUT2D eigenvalue weighted by Gasteiger charge is 2.13. The van der Waals surface area contributed by atoms with E-state index in [1.807, 2.05) is 0 Å². The first-order chi connectivity index (χ1) is 7.41. The molecule has 1 atom stereocenters. The number of aromatic nitrogens is 2. The van der Waals surface area contributed by atoms with E-state index in [0.717, 1.165) is 4.57 Å². The van der Waals surface area contributed by atoms with E-state index in [9.17, 15) is 14.7 Å². The summed E-state index contributed by atoms with van der Waals surface area (Å²) in [6.07, 6.45) is 0.497. The molecule has 0 bridgehead atoms. The summed E-state index contributed by atoms with van der Waals surface area (Å²) < 4.78 is 1.12. The van der Waals surface area contributed by atoms with Gasteiger partial charge in [-0.3, -0.25) is 9.36 Å². The average molecular weight is 225 g/mol. The van der Waals surface area contributed by atoms with Crippen LogP contribution in [0.15, 0.2) is 17.1 Å². The van der Waals surface area contributed by atoms with Crippen LogP contribution in [0.2, 0.25) is 0 Å². The highest BCUT2D eigenvalue weighted by molar-refractivity contribution is 5.87. The third-order valence-corrected chi connectivity index (χ3v) is 2.02. The average Bonchev–Trinajstić information content (AvgIpc) is 2.15. The van der Waals surface area contributed by atoms with Crippen LogP contribution in [0.25, 0.3) is 0 Å². The van der Waals surface area contributed by atoms with Crippen molar-refractivity contribution in [2.24, 2.45) is 5.92 Å². The van der Waals surface area contributed by atoms with E-state index in [2.05, 4.69) is 10.3 Å². The number of carbonyl (C=O) groups excluding carboxylic acids is 1. The van der Waals surface area contributed by atoms with E-state index in [1.165, 1.54) is 19.2 Å². The summed E-state index contributed by atoms with van der Waals surface area (Å²) in [5.41, 5.74) is -0.590. The second kappa shape index (κ2) is 4.89. The van der Waals surface area contributed by atoms with Crippen molar-refractivity contribution in [3.05, 3.63) is 22.7 Å². The molecule has 0 aliphatic heterocycles. The van der Waals surface area contributed by atoms with Crippen LogP contribution >= 0.6 is 0 Å². The number of aliphatic hydroxyl groups excluding tert-OH is 1. The van der Waals surface area contributed by atoms with Crippen LogP contribution in [-0.4, -0.2) is 20.6 Å². The molecule has 1 aromatic heterocycles. The minimum absolute atomic E-state index is 0.0916. The zero-order valence-corrected chi connectivity index (χ0v) is 9.47. The summed E-state index contributed by atoms with van der Waals surface area (Å²) in [5.74, 6) is -0.204. The topological polar surface area (TPSA) is 84.2 Å². The minimum atomic E-state index is -0.911. The van der Waals surface area contributed by atoms with E-state index in [-0.39, 0.29) is 17.6 Å². The van der Waals surface area contributed by atoms with Gasteiger partial charge < -0.3 is 10.4 Å². The maximum atomic E-state index is 11.5. The Morgan fingerprint density at radius 3 is 2.62 bits per heavy atom. The summed E-state index contributed by atoms with van der Waals surface area (Å²) in [4.78, 5) is 25.9. The number of carbonyl (C=O) groups is 1. The molecular weight excluding hydrogens is 210 g/mol. The maximum Gasteiger partial charge on any atom is 0.351 e. The standard InChI is InChI=1S/C10H15N3O3/c1-6(2)9(15)13-5-4-8(11-7(3)14)12-10(13)16/h4-6,9,15H,1-3H3,(H,11,12,14,16). The van der Waals surface area contributed by atoms with Gasteiger partial charge in [0.2, 0.25) is 5.91 Å². The number of nitrogens with zero attached hydrogens (tertiary/aromatic N) is 2. The monoisotopic (exact) mass is 225 g/mol.